The highest BCUT2D eigenvalue weighted by Crippen LogP contribution is 2.45. The van der Waals surface area contributed by atoms with Crippen molar-refractivity contribution in [1.29, 1.82) is 0 Å². The fraction of sp³-hybridized carbons (Fsp3) is 1.00. The van der Waals surface area contributed by atoms with Gasteiger partial charge in [0, 0.05) is 32.8 Å². The Morgan fingerprint density at radius 2 is 1.24 bits per heavy atom. The Balaban J connectivity index is 1.78. The van der Waals surface area contributed by atoms with E-state index < -0.39 is 7.60 Å². The molecule has 0 unspecified atom stereocenters. The SMILES string of the molecule is CP(=O)(ON1CCOCC1)ON1CCOCC1. The molecular weight excluding hydrogens is 247 g/mol. The van der Waals surface area contributed by atoms with Crippen molar-refractivity contribution in [2.45, 2.75) is 0 Å². The molecule has 0 aliphatic carbocycles. The molecule has 2 fully saturated rings. The third-order valence-electron chi connectivity index (χ3n) is 2.47. The van der Waals surface area contributed by atoms with E-state index in [-0.39, 0.29) is 0 Å². The topological polar surface area (TPSA) is 60.5 Å². The highest BCUT2D eigenvalue weighted by Gasteiger charge is 2.27. The minimum Gasteiger partial charge on any atom is -0.379 e. The Labute approximate surface area is 101 Å². The van der Waals surface area contributed by atoms with Crippen molar-refractivity contribution < 1.29 is 23.3 Å². The number of rotatable bonds is 4. The maximum atomic E-state index is 12.1. The maximum Gasteiger partial charge on any atom is 0.360 e. The molecule has 17 heavy (non-hydrogen) atoms. The largest absolute Gasteiger partial charge is 0.379 e. The highest BCUT2D eigenvalue weighted by atomic mass is 31.2. The van der Waals surface area contributed by atoms with Gasteiger partial charge in [0.1, 0.15) is 0 Å². The zero-order valence-electron chi connectivity index (χ0n) is 10.0. The molecule has 0 amide bonds. The van der Waals surface area contributed by atoms with E-state index in [9.17, 15) is 4.57 Å². The summed E-state index contributed by atoms with van der Waals surface area (Å²) >= 11 is 0. The number of hydrogen-bond donors (Lipinski definition) is 0. The monoisotopic (exact) mass is 266 g/mol. The third-order valence-corrected chi connectivity index (χ3v) is 3.52. The summed E-state index contributed by atoms with van der Waals surface area (Å²) in [5.41, 5.74) is 0. The molecule has 2 aliphatic heterocycles. The second-order valence-corrected chi connectivity index (χ2v) is 5.89. The summed E-state index contributed by atoms with van der Waals surface area (Å²) in [4.78, 5) is 0. The summed E-state index contributed by atoms with van der Waals surface area (Å²) in [6, 6.07) is 0. The molecule has 0 saturated carbocycles. The highest BCUT2D eigenvalue weighted by molar-refractivity contribution is 7.52. The molecule has 2 rings (SSSR count). The molecule has 8 heteroatoms. The van der Waals surface area contributed by atoms with E-state index in [4.69, 9.17) is 18.7 Å². The summed E-state index contributed by atoms with van der Waals surface area (Å²) in [5, 5.41) is 3.29. The lowest BCUT2D eigenvalue weighted by Gasteiger charge is -2.31. The minimum absolute atomic E-state index is 0.595. The van der Waals surface area contributed by atoms with Crippen LogP contribution in [0.3, 0.4) is 0 Å². The van der Waals surface area contributed by atoms with Gasteiger partial charge in [-0.3, -0.25) is 4.57 Å². The lowest BCUT2D eigenvalue weighted by molar-refractivity contribution is -0.165. The predicted octanol–water partition coefficient (Wildman–Crippen LogP) is 0.337. The van der Waals surface area contributed by atoms with Gasteiger partial charge in [-0.2, -0.15) is 10.1 Å². The van der Waals surface area contributed by atoms with E-state index in [1.807, 2.05) is 0 Å². The van der Waals surface area contributed by atoms with Crippen LogP contribution in [0.2, 0.25) is 0 Å². The number of hydrogen-bond acceptors (Lipinski definition) is 7. The van der Waals surface area contributed by atoms with Gasteiger partial charge < -0.3 is 9.47 Å². The molecule has 0 aromatic heterocycles. The van der Waals surface area contributed by atoms with E-state index in [1.54, 1.807) is 10.1 Å². The molecule has 0 aromatic rings. The second-order valence-electron chi connectivity index (χ2n) is 4.02. The van der Waals surface area contributed by atoms with Crippen molar-refractivity contribution >= 4 is 7.60 Å². The summed E-state index contributed by atoms with van der Waals surface area (Å²) in [7, 11) is -3.09. The van der Waals surface area contributed by atoms with Crippen LogP contribution in [0.1, 0.15) is 0 Å². The van der Waals surface area contributed by atoms with Crippen LogP contribution in [0, 0.1) is 0 Å². The average molecular weight is 266 g/mol. The fourth-order valence-corrected chi connectivity index (χ4v) is 2.89. The van der Waals surface area contributed by atoms with Crippen molar-refractivity contribution in [3.05, 3.63) is 0 Å². The number of hydroxylamine groups is 4. The van der Waals surface area contributed by atoms with Gasteiger partial charge in [0.05, 0.1) is 26.4 Å². The van der Waals surface area contributed by atoms with Crippen LogP contribution in [0.5, 0.6) is 0 Å². The van der Waals surface area contributed by atoms with E-state index in [2.05, 4.69) is 0 Å². The lowest BCUT2D eigenvalue weighted by Crippen LogP contribution is -2.38. The first-order valence-electron chi connectivity index (χ1n) is 5.78. The van der Waals surface area contributed by atoms with Crippen molar-refractivity contribution in [2.75, 3.05) is 59.3 Å². The molecule has 0 bridgehead atoms. The quantitative estimate of drug-likeness (QED) is 0.680. The van der Waals surface area contributed by atoms with Gasteiger partial charge in [-0.1, -0.05) is 0 Å². The molecule has 0 atom stereocenters. The molecule has 0 spiro atoms. The molecular formula is C9H19N2O5P. The van der Waals surface area contributed by atoms with E-state index >= 15 is 0 Å². The lowest BCUT2D eigenvalue weighted by atomic mass is 10.5. The van der Waals surface area contributed by atoms with Gasteiger partial charge in [0.15, 0.2) is 0 Å². The van der Waals surface area contributed by atoms with Crippen molar-refractivity contribution in [2.24, 2.45) is 0 Å². The Morgan fingerprint density at radius 1 is 0.882 bits per heavy atom. The molecule has 2 aliphatic rings. The van der Waals surface area contributed by atoms with Crippen LogP contribution in [0.4, 0.5) is 0 Å². The number of morpholine rings is 2. The standard InChI is InChI=1S/C9H19N2O5P/c1-17(12,15-10-2-6-13-7-3-10)16-11-4-8-14-9-5-11/h2-9H2,1H3. The summed E-state index contributed by atoms with van der Waals surface area (Å²) in [5.74, 6) is 0. The Bertz CT molecular complexity index is 255. The zero-order chi connectivity index (χ0) is 12.1. The smallest absolute Gasteiger partial charge is 0.360 e. The van der Waals surface area contributed by atoms with Gasteiger partial charge >= 0.3 is 7.60 Å². The third kappa shape index (κ3) is 4.63. The molecule has 2 saturated heterocycles. The van der Waals surface area contributed by atoms with Crippen molar-refractivity contribution in [3.63, 3.8) is 0 Å². The Kier molecular flexibility index (Phi) is 4.93. The van der Waals surface area contributed by atoms with Gasteiger partial charge in [-0.05, 0) is 0 Å². The molecule has 7 nitrogen and oxygen atoms in total. The molecule has 0 N–H and O–H groups in total. The summed E-state index contributed by atoms with van der Waals surface area (Å²) < 4.78 is 33.3. The van der Waals surface area contributed by atoms with Crippen molar-refractivity contribution in [1.82, 2.24) is 10.1 Å². The van der Waals surface area contributed by atoms with Crippen LogP contribution < -0.4 is 0 Å². The fourth-order valence-electron chi connectivity index (χ4n) is 1.69. The van der Waals surface area contributed by atoms with E-state index in [0.717, 1.165) is 0 Å². The molecule has 100 valence electrons. The van der Waals surface area contributed by atoms with Gasteiger partial charge in [-0.25, -0.2) is 9.25 Å². The Morgan fingerprint density at radius 3 is 1.59 bits per heavy atom. The van der Waals surface area contributed by atoms with Crippen LogP contribution in [-0.2, 0) is 23.3 Å². The van der Waals surface area contributed by atoms with Crippen LogP contribution in [0.25, 0.3) is 0 Å². The van der Waals surface area contributed by atoms with Gasteiger partial charge in [0.25, 0.3) is 0 Å². The first-order chi connectivity index (χ1) is 8.16. The Hall–Kier alpha value is -0.0100. The molecule has 0 aromatic carbocycles. The molecule has 2 heterocycles. The predicted molar refractivity (Wildman–Crippen MR) is 60.5 cm³/mol. The summed E-state index contributed by atoms with van der Waals surface area (Å²) in [6.45, 7) is 6.32. The normalized spacial score (nSPS) is 25.0. The van der Waals surface area contributed by atoms with E-state index in [1.165, 1.54) is 6.66 Å². The van der Waals surface area contributed by atoms with Gasteiger partial charge in [-0.15, -0.1) is 0 Å². The van der Waals surface area contributed by atoms with Crippen LogP contribution in [0.15, 0.2) is 0 Å². The number of ether oxygens (including phenoxy) is 2. The molecule has 0 radical (unpaired) electrons. The second kappa shape index (κ2) is 6.24. The number of nitrogens with zero attached hydrogens (tertiary/aromatic N) is 2. The zero-order valence-corrected chi connectivity index (χ0v) is 10.9. The minimum atomic E-state index is -3.09. The first kappa shape index (κ1) is 13.4. The average Bonchev–Trinajstić information content (AvgIpc) is 2.30. The van der Waals surface area contributed by atoms with Gasteiger partial charge in [0.2, 0.25) is 0 Å². The van der Waals surface area contributed by atoms with E-state index in [0.29, 0.717) is 52.6 Å². The maximum absolute atomic E-state index is 12.1. The summed E-state index contributed by atoms with van der Waals surface area (Å²) in [6.07, 6.45) is 0. The first-order valence-corrected chi connectivity index (χ1v) is 7.77. The van der Waals surface area contributed by atoms with Crippen LogP contribution >= 0.6 is 7.60 Å². The van der Waals surface area contributed by atoms with Crippen molar-refractivity contribution in [3.8, 4) is 0 Å². The van der Waals surface area contributed by atoms with Crippen LogP contribution in [-0.4, -0.2) is 69.4 Å².